The van der Waals surface area contributed by atoms with E-state index in [0.29, 0.717) is 17.7 Å². The Labute approximate surface area is 185 Å². The first-order valence-corrected chi connectivity index (χ1v) is 10.2. The van der Waals surface area contributed by atoms with E-state index in [4.69, 9.17) is 4.74 Å². The lowest BCUT2D eigenvalue weighted by molar-refractivity contribution is -0.385. The second kappa shape index (κ2) is 8.55. The summed E-state index contributed by atoms with van der Waals surface area (Å²) in [7, 11) is 1.37. The number of hydrogen-bond donors (Lipinski definition) is 2. The predicted octanol–water partition coefficient (Wildman–Crippen LogP) is 4.20. The lowest BCUT2D eigenvalue weighted by Crippen LogP contribution is -2.38. The largest absolute Gasteiger partial charge is 0.490 e. The molecule has 1 fully saturated rings. The molecule has 3 aromatic carbocycles. The van der Waals surface area contributed by atoms with E-state index in [2.05, 4.69) is 17.4 Å². The standard InChI is InChI=1S/C25H23N3O4/c1-17(18-13-14-23(32-2)22(15-18)28(30)31)26-27-24(29)21-16-25(21,19-9-5-3-6-10-19)20-11-7-4-8-12-20/h3-15,21,26H,1,16H2,2H3,(H,27,29). The van der Waals surface area contributed by atoms with E-state index in [0.717, 1.165) is 11.1 Å². The summed E-state index contributed by atoms with van der Waals surface area (Å²) in [5.41, 5.74) is 7.99. The van der Waals surface area contributed by atoms with Crippen LogP contribution in [0.1, 0.15) is 23.1 Å². The highest BCUT2D eigenvalue weighted by atomic mass is 16.6. The molecule has 1 unspecified atom stereocenters. The predicted molar refractivity (Wildman–Crippen MR) is 122 cm³/mol. The SMILES string of the molecule is C=C(NNC(=O)C1CC1(c1ccccc1)c1ccccc1)c1ccc(OC)c([N+](=O)[O-])c1. The molecule has 1 aliphatic rings. The topological polar surface area (TPSA) is 93.5 Å². The molecule has 0 radical (unpaired) electrons. The van der Waals surface area contributed by atoms with Crippen LogP contribution in [-0.4, -0.2) is 17.9 Å². The lowest BCUT2D eigenvalue weighted by atomic mass is 9.85. The van der Waals surface area contributed by atoms with Gasteiger partial charge in [0.2, 0.25) is 5.91 Å². The second-order valence-corrected chi connectivity index (χ2v) is 7.70. The van der Waals surface area contributed by atoms with Gasteiger partial charge in [0.25, 0.3) is 0 Å². The number of rotatable bonds is 8. The molecule has 7 nitrogen and oxygen atoms in total. The number of hydrogen-bond acceptors (Lipinski definition) is 5. The van der Waals surface area contributed by atoms with Gasteiger partial charge >= 0.3 is 5.69 Å². The van der Waals surface area contributed by atoms with Gasteiger partial charge in [0.05, 0.1) is 23.6 Å². The Bertz CT molecular complexity index is 1120. The van der Waals surface area contributed by atoms with Crippen LogP contribution in [-0.2, 0) is 10.2 Å². The Kier molecular flexibility index (Phi) is 5.64. The number of nitro groups is 1. The number of benzene rings is 3. The molecular weight excluding hydrogens is 406 g/mol. The third-order valence-corrected chi connectivity index (χ3v) is 5.92. The fourth-order valence-corrected chi connectivity index (χ4v) is 4.17. The molecule has 1 atom stereocenters. The molecule has 1 saturated carbocycles. The summed E-state index contributed by atoms with van der Waals surface area (Å²) in [6.07, 6.45) is 0.690. The number of methoxy groups -OCH3 is 1. The maximum absolute atomic E-state index is 13.0. The van der Waals surface area contributed by atoms with Gasteiger partial charge in [-0.05, 0) is 29.7 Å². The Balaban J connectivity index is 1.50. The minimum absolute atomic E-state index is 0.157. The number of nitro benzene ring substituents is 1. The fraction of sp³-hybridized carbons (Fsp3) is 0.160. The van der Waals surface area contributed by atoms with Gasteiger partial charge in [-0.2, -0.15) is 0 Å². The molecule has 32 heavy (non-hydrogen) atoms. The third-order valence-electron chi connectivity index (χ3n) is 5.92. The number of nitrogens with one attached hydrogen (secondary N) is 2. The number of amides is 1. The van der Waals surface area contributed by atoms with Crippen molar-refractivity contribution in [3.63, 3.8) is 0 Å². The molecule has 0 aromatic heterocycles. The molecule has 1 aliphatic carbocycles. The van der Waals surface area contributed by atoms with Crippen LogP contribution >= 0.6 is 0 Å². The van der Waals surface area contributed by atoms with Crippen molar-refractivity contribution >= 4 is 17.3 Å². The molecule has 0 bridgehead atoms. The zero-order valence-electron chi connectivity index (χ0n) is 17.6. The van der Waals surface area contributed by atoms with Crippen LogP contribution in [0, 0.1) is 16.0 Å². The minimum atomic E-state index is -0.521. The average molecular weight is 429 g/mol. The van der Waals surface area contributed by atoms with E-state index in [1.165, 1.54) is 19.2 Å². The smallest absolute Gasteiger partial charge is 0.311 e. The van der Waals surface area contributed by atoms with E-state index in [-0.39, 0.29) is 28.7 Å². The molecule has 0 aliphatic heterocycles. The monoisotopic (exact) mass is 429 g/mol. The highest BCUT2D eigenvalue weighted by molar-refractivity contribution is 5.86. The molecule has 4 rings (SSSR count). The normalized spacial score (nSPS) is 16.0. The van der Waals surface area contributed by atoms with Crippen LogP contribution in [0.15, 0.2) is 85.4 Å². The Morgan fingerprint density at radius 3 is 2.16 bits per heavy atom. The summed E-state index contributed by atoms with van der Waals surface area (Å²) in [5, 5.41) is 11.3. The zero-order valence-corrected chi connectivity index (χ0v) is 17.6. The summed E-state index contributed by atoms with van der Waals surface area (Å²) in [5.74, 6) is -0.260. The summed E-state index contributed by atoms with van der Waals surface area (Å²) in [6.45, 7) is 3.90. The van der Waals surface area contributed by atoms with Gasteiger partial charge in [0.1, 0.15) is 0 Å². The molecule has 0 spiro atoms. The summed E-state index contributed by atoms with van der Waals surface area (Å²) < 4.78 is 5.02. The van der Waals surface area contributed by atoms with Crippen molar-refractivity contribution in [2.45, 2.75) is 11.8 Å². The Morgan fingerprint density at radius 2 is 1.62 bits per heavy atom. The second-order valence-electron chi connectivity index (χ2n) is 7.70. The van der Waals surface area contributed by atoms with E-state index in [1.54, 1.807) is 6.07 Å². The molecule has 3 aromatic rings. The summed E-state index contributed by atoms with van der Waals surface area (Å²) >= 11 is 0. The van der Waals surface area contributed by atoms with Gasteiger partial charge in [-0.3, -0.25) is 25.8 Å². The molecule has 2 N–H and O–H groups in total. The average Bonchev–Trinajstić information content (AvgIpc) is 3.60. The fourth-order valence-electron chi connectivity index (χ4n) is 4.17. The minimum Gasteiger partial charge on any atom is -0.490 e. The van der Waals surface area contributed by atoms with Crippen molar-refractivity contribution in [3.05, 3.63) is 112 Å². The quantitative estimate of drug-likeness (QED) is 0.413. The van der Waals surface area contributed by atoms with Crippen molar-refractivity contribution in [1.29, 1.82) is 0 Å². The van der Waals surface area contributed by atoms with Crippen molar-refractivity contribution in [3.8, 4) is 5.75 Å². The highest BCUT2D eigenvalue weighted by Crippen LogP contribution is 2.58. The summed E-state index contributed by atoms with van der Waals surface area (Å²) in [6, 6.07) is 24.5. The van der Waals surface area contributed by atoms with Crippen LogP contribution in [0.2, 0.25) is 0 Å². The van der Waals surface area contributed by atoms with Crippen LogP contribution in [0.5, 0.6) is 5.75 Å². The first kappa shape index (κ1) is 21.1. The van der Waals surface area contributed by atoms with Gasteiger partial charge in [-0.25, -0.2) is 0 Å². The highest BCUT2D eigenvalue weighted by Gasteiger charge is 2.60. The number of carbonyl (C=O) groups is 1. The number of carbonyl (C=O) groups excluding carboxylic acids is 1. The van der Waals surface area contributed by atoms with E-state index in [1.807, 2.05) is 60.7 Å². The Hall–Kier alpha value is -4.13. The molecular formula is C25H23N3O4. The van der Waals surface area contributed by atoms with E-state index >= 15 is 0 Å². The van der Waals surface area contributed by atoms with Gasteiger partial charge in [-0.15, -0.1) is 0 Å². The zero-order chi connectivity index (χ0) is 22.7. The number of hydrazine groups is 1. The van der Waals surface area contributed by atoms with Gasteiger partial charge in [0.15, 0.2) is 5.75 Å². The maximum atomic E-state index is 13.0. The van der Waals surface area contributed by atoms with Crippen molar-refractivity contribution < 1.29 is 14.5 Å². The van der Waals surface area contributed by atoms with Crippen LogP contribution in [0.25, 0.3) is 5.70 Å². The molecule has 1 amide bonds. The van der Waals surface area contributed by atoms with E-state index in [9.17, 15) is 14.9 Å². The summed E-state index contributed by atoms with van der Waals surface area (Å²) in [4.78, 5) is 23.8. The van der Waals surface area contributed by atoms with Gasteiger partial charge in [0, 0.05) is 17.0 Å². The van der Waals surface area contributed by atoms with Gasteiger partial charge < -0.3 is 4.74 Å². The number of nitrogens with zero attached hydrogens (tertiary/aromatic N) is 1. The van der Waals surface area contributed by atoms with E-state index < -0.39 is 4.92 Å². The van der Waals surface area contributed by atoms with Crippen LogP contribution < -0.4 is 15.6 Å². The molecule has 7 heteroatoms. The maximum Gasteiger partial charge on any atom is 0.311 e. The first-order valence-electron chi connectivity index (χ1n) is 10.2. The third kappa shape index (κ3) is 3.80. The number of ether oxygens (including phenoxy) is 1. The van der Waals surface area contributed by atoms with Crippen LogP contribution in [0.3, 0.4) is 0 Å². The van der Waals surface area contributed by atoms with Gasteiger partial charge in [-0.1, -0.05) is 67.2 Å². The first-order chi connectivity index (χ1) is 15.5. The van der Waals surface area contributed by atoms with Crippen molar-refractivity contribution in [2.75, 3.05) is 7.11 Å². The van der Waals surface area contributed by atoms with Crippen LogP contribution in [0.4, 0.5) is 5.69 Å². The van der Waals surface area contributed by atoms with Crippen molar-refractivity contribution in [2.24, 2.45) is 5.92 Å². The molecule has 0 saturated heterocycles. The lowest BCUT2D eigenvalue weighted by Gasteiger charge is -2.19. The Morgan fingerprint density at radius 1 is 1.03 bits per heavy atom. The van der Waals surface area contributed by atoms with Crippen molar-refractivity contribution in [1.82, 2.24) is 10.9 Å². The molecule has 162 valence electrons. The molecule has 0 heterocycles.